The summed E-state index contributed by atoms with van der Waals surface area (Å²) in [5.41, 5.74) is 4.79. The number of hydrogen-bond donors (Lipinski definition) is 1. The zero-order valence-electron chi connectivity index (χ0n) is 6.18. The summed E-state index contributed by atoms with van der Waals surface area (Å²) in [4.78, 5) is 0. The van der Waals surface area contributed by atoms with Gasteiger partial charge < -0.3 is 19.8 Å². The first-order valence-electron chi connectivity index (χ1n) is 3.14. The minimum absolute atomic E-state index is 1.07. The van der Waals surface area contributed by atoms with Gasteiger partial charge in [0, 0.05) is 0 Å². The Morgan fingerprint density at radius 3 is 1.42 bits per heavy atom. The molecule has 0 aliphatic carbocycles. The van der Waals surface area contributed by atoms with Crippen molar-refractivity contribution in [3.8, 4) is 0 Å². The van der Waals surface area contributed by atoms with E-state index in [0.717, 1.165) is 5.69 Å². The highest BCUT2D eigenvalue weighted by Gasteiger charge is 2.41. The van der Waals surface area contributed by atoms with Crippen LogP contribution in [0.5, 0.6) is 0 Å². The number of hydrogen-bond acceptors (Lipinski definition) is 0. The molecule has 0 unspecified atom stereocenters. The number of rotatable bonds is 0. The molecule has 3 N–H and O–H groups in total. The molecule has 0 amide bonds. The van der Waals surface area contributed by atoms with E-state index in [0.29, 0.717) is 0 Å². The largest absolute Gasteiger partial charge is 1.04 e. The van der Waals surface area contributed by atoms with Gasteiger partial charge >= 0.3 is 14.9 Å². The topological polar surface area (TPSA) is 27.6 Å². The summed E-state index contributed by atoms with van der Waals surface area (Å²) in [6.07, 6.45) is 0. The molecule has 0 saturated carbocycles. The lowest BCUT2D eigenvalue weighted by atomic mass is 10.3. The Bertz CT molecular complexity index is 205. The van der Waals surface area contributed by atoms with Gasteiger partial charge in [-0.2, -0.15) is 0 Å². The molecule has 6 heteroatoms. The second kappa shape index (κ2) is 5.14. The second-order valence-corrected chi connectivity index (χ2v) is 2.97. The standard InChI is InChI=1S/C6H7N.Al.4FH/c7-6-4-2-1-3-5-6;;;;;/h1-5H,7H2;;4*1H/q;+3;;;;/p-3. The number of quaternary nitrogens is 1. The van der Waals surface area contributed by atoms with E-state index >= 15 is 0 Å². The lowest BCUT2D eigenvalue weighted by Crippen LogP contribution is -2.39. The summed E-state index contributed by atoms with van der Waals surface area (Å²) in [5, 5.41) is 0. The molecule has 1 aromatic carbocycles. The molecule has 0 aliphatic heterocycles. The molecule has 0 bridgehead atoms. The van der Waals surface area contributed by atoms with Crippen LogP contribution in [-0.2, 0) is 0 Å². The van der Waals surface area contributed by atoms with Crippen molar-refractivity contribution in [2.45, 2.75) is 0 Å². The predicted molar refractivity (Wildman–Crippen MR) is 39.2 cm³/mol. The van der Waals surface area contributed by atoms with Gasteiger partial charge in [-0.3, -0.25) is 0 Å². The highest BCUT2D eigenvalue weighted by Crippen LogP contribution is 2.06. The van der Waals surface area contributed by atoms with E-state index in [4.69, 9.17) is 0 Å². The van der Waals surface area contributed by atoms with E-state index in [1.165, 1.54) is 0 Å². The van der Waals surface area contributed by atoms with Crippen LogP contribution in [0.4, 0.5) is 19.8 Å². The van der Waals surface area contributed by atoms with E-state index in [2.05, 4.69) is 5.73 Å². The van der Waals surface area contributed by atoms with Crippen molar-refractivity contribution in [3.05, 3.63) is 30.3 Å². The Kier molecular flexibility index (Phi) is 4.90. The van der Waals surface area contributed by atoms with E-state index in [9.17, 15) is 14.1 Å². The lowest BCUT2D eigenvalue weighted by Gasteiger charge is -1.88. The van der Waals surface area contributed by atoms with Gasteiger partial charge in [-0.15, -0.1) is 0 Å². The molecule has 0 fully saturated rings. The molecule has 0 aromatic heterocycles. The summed E-state index contributed by atoms with van der Waals surface area (Å²) in [5.74, 6) is 0. The quantitative estimate of drug-likeness (QED) is 0.485. The van der Waals surface area contributed by atoms with Crippen molar-refractivity contribution < 1.29 is 19.8 Å². The first kappa shape index (κ1) is 11.4. The van der Waals surface area contributed by atoms with E-state index < -0.39 is 14.9 Å². The summed E-state index contributed by atoms with van der Waals surface area (Å²) in [7, 11) is 0. The Hall–Kier alpha value is -0.568. The highest BCUT2D eigenvalue weighted by molar-refractivity contribution is 6.50. The zero-order valence-corrected chi connectivity index (χ0v) is 7.34. The highest BCUT2D eigenvalue weighted by atomic mass is 27.5. The summed E-state index contributed by atoms with van der Waals surface area (Å²) < 4.78 is 39.4. The van der Waals surface area contributed by atoms with Gasteiger partial charge in [0.15, 0.2) is 0 Å². The molecule has 68 valence electrons. The molecule has 1 rings (SSSR count). The van der Waals surface area contributed by atoms with Crippen molar-refractivity contribution in [3.63, 3.8) is 0 Å². The Morgan fingerprint density at radius 2 is 1.25 bits per heavy atom. The van der Waals surface area contributed by atoms with Gasteiger partial charge in [0.05, 0.1) is 0 Å². The first-order chi connectivity index (χ1) is 5.39. The molecule has 0 radical (unpaired) electrons. The average Bonchev–Trinajstić information content (AvgIpc) is 1.85. The summed E-state index contributed by atoms with van der Waals surface area (Å²) in [6.45, 7) is 0. The van der Waals surface area contributed by atoms with Gasteiger partial charge in [-0.25, -0.2) is 0 Å². The third-order valence-corrected chi connectivity index (χ3v) is 0.843. The monoisotopic (exact) mass is 197 g/mol. The van der Waals surface area contributed by atoms with Gasteiger partial charge in [0.1, 0.15) is 5.69 Å². The van der Waals surface area contributed by atoms with Crippen molar-refractivity contribution >= 4 is 20.6 Å². The normalized spacial score (nSPS) is 10.1. The van der Waals surface area contributed by atoms with Crippen LogP contribution < -0.4 is 5.73 Å². The zero-order chi connectivity index (χ0) is 9.61. The van der Waals surface area contributed by atoms with E-state index in [-0.39, 0.29) is 0 Å². The lowest BCUT2D eigenvalue weighted by molar-refractivity contribution is -0.254. The number of benzene rings is 1. The molecular formula is C6H8AlF4N. The van der Waals surface area contributed by atoms with Crippen molar-refractivity contribution in [1.82, 2.24) is 0 Å². The van der Waals surface area contributed by atoms with E-state index in [1.54, 1.807) is 0 Å². The van der Waals surface area contributed by atoms with Crippen LogP contribution >= 0.6 is 0 Å². The average molecular weight is 197 g/mol. The van der Waals surface area contributed by atoms with Crippen LogP contribution in [0.15, 0.2) is 30.3 Å². The third kappa shape index (κ3) is 12.1. The Labute approximate surface area is 71.4 Å². The molecule has 0 heterocycles. The van der Waals surface area contributed by atoms with Gasteiger partial charge in [-0.1, -0.05) is 18.2 Å². The Balaban J connectivity index is 0.000000217. The minimum atomic E-state index is -6.83. The maximum Gasteiger partial charge on any atom is 1.04 e. The number of halogens is 4. The third-order valence-electron chi connectivity index (χ3n) is 0.843. The van der Waals surface area contributed by atoms with Crippen LogP contribution in [-0.4, -0.2) is 14.9 Å². The maximum atomic E-state index is 9.85. The molecule has 1 aromatic rings. The predicted octanol–water partition coefficient (Wildman–Crippen LogP) is 1.86. The fourth-order valence-electron chi connectivity index (χ4n) is 0.478. The Morgan fingerprint density at radius 1 is 0.917 bits per heavy atom. The molecule has 0 spiro atoms. The van der Waals surface area contributed by atoms with Crippen LogP contribution in [0, 0.1) is 0 Å². The van der Waals surface area contributed by atoms with Gasteiger partial charge in [0.25, 0.3) is 0 Å². The molecule has 12 heavy (non-hydrogen) atoms. The van der Waals surface area contributed by atoms with Gasteiger partial charge in [0.2, 0.25) is 0 Å². The maximum absolute atomic E-state index is 9.85. The second-order valence-electron chi connectivity index (χ2n) is 1.98. The van der Waals surface area contributed by atoms with Crippen LogP contribution in [0.25, 0.3) is 0 Å². The van der Waals surface area contributed by atoms with Gasteiger partial charge in [-0.05, 0) is 12.1 Å². The van der Waals surface area contributed by atoms with Crippen molar-refractivity contribution in [1.29, 1.82) is 0 Å². The van der Waals surface area contributed by atoms with Crippen molar-refractivity contribution in [2.75, 3.05) is 0 Å². The molecular weight excluding hydrogens is 189 g/mol. The van der Waals surface area contributed by atoms with Crippen LogP contribution in [0.3, 0.4) is 0 Å². The fourth-order valence-corrected chi connectivity index (χ4v) is 0.478. The van der Waals surface area contributed by atoms with Crippen molar-refractivity contribution in [2.24, 2.45) is 0 Å². The molecule has 0 atom stereocenters. The summed E-state index contributed by atoms with van der Waals surface area (Å²) in [6, 6.07) is 9.87. The molecule has 0 aliphatic rings. The SMILES string of the molecule is [F][Al-]([F])([F])[F].[NH3+]c1ccccc1. The first-order valence-corrected chi connectivity index (χ1v) is 4.88. The minimum Gasteiger partial charge on any atom is -0.510 e. The van der Waals surface area contributed by atoms with Crippen LogP contribution in [0.1, 0.15) is 0 Å². The van der Waals surface area contributed by atoms with Crippen LogP contribution in [0.2, 0.25) is 0 Å². The molecule has 0 saturated heterocycles. The molecule has 1 nitrogen and oxygen atoms in total. The fraction of sp³-hybridized carbons (Fsp3) is 0. The van der Waals surface area contributed by atoms with E-state index in [1.807, 2.05) is 30.3 Å². The smallest absolute Gasteiger partial charge is 0.510 e. The summed E-state index contributed by atoms with van der Waals surface area (Å²) >= 11 is -6.83.